The number of benzene rings is 2. The SMILES string of the molecule is CNc1ncnc2c1c(-c1ccc(C(C)Nc3ncc(C#N)nc3C(=O)NC(C)c3ccc(F)c(F)c3)cc1)cn2C. The van der Waals surface area contributed by atoms with Crippen LogP contribution in [0.15, 0.2) is 61.2 Å². The van der Waals surface area contributed by atoms with E-state index in [2.05, 4.69) is 35.9 Å². The summed E-state index contributed by atoms with van der Waals surface area (Å²) >= 11 is 0. The fourth-order valence-electron chi connectivity index (χ4n) is 4.70. The lowest BCUT2D eigenvalue weighted by Gasteiger charge is -2.19. The maximum atomic E-state index is 13.7. The molecule has 0 radical (unpaired) electrons. The van der Waals surface area contributed by atoms with Gasteiger partial charge in [-0.05, 0) is 42.7 Å². The first-order valence-corrected chi connectivity index (χ1v) is 13.1. The van der Waals surface area contributed by atoms with E-state index in [1.54, 1.807) is 6.92 Å². The van der Waals surface area contributed by atoms with Crippen molar-refractivity contribution in [2.24, 2.45) is 7.05 Å². The quantitative estimate of drug-likeness (QED) is 0.231. The first-order chi connectivity index (χ1) is 20.2. The molecule has 12 heteroatoms. The van der Waals surface area contributed by atoms with Crippen LogP contribution in [0.5, 0.6) is 0 Å². The molecule has 3 N–H and O–H groups in total. The average Bonchev–Trinajstić information content (AvgIpc) is 3.35. The number of fused-ring (bicyclic) bond motifs is 1. The molecule has 0 spiro atoms. The van der Waals surface area contributed by atoms with Crippen molar-refractivity contribution in [1.82, 2.24) is 29.8 Å². The Kier molecular flexibility index (Phi) is 7.75. The van der Waals surface area contributed by atoms with Crippen LogP contribution in [0.3, 0.4) is 0 Å². The number of amides is 1. The topological polar surface area (TPSA) is 133 Å². The summed E-state index contributed by atoms with van der Waals surface area (Å²) in [7, 11) is 3.75. The first-order valence-electron chi connectivity index (χ1n) is 13.1. The van der Waals surface area contributed by atoms with Crippen LogP contribution in [-0.4, -0.2) is 37.5 Å². The van der Waals surface area contributed by atoms with Gasteiger partial charge in [0.1, 0.15) is 23.9 Å². The molecule has 3 heterocycles. The van der Waals surface area contributed by atoms with Crippen LogP contribution in [0.1, 0.15) is 53.2 Å². The van der Waals surface area contributed by atoms with E-state index in [0.29, 0.717) is 5.56 Å². The minimum Gasteiger partial charge on any atom is -0.372 e. The number of carbonyl (C=O) groups is 1. The molecule has 0 bridgehead atoms. The van der Waals surface area contributed by atoms with Gasteiger partial charge in [0.2, 0.25) is 0 Å². The van der Waals surface area contributed by atoms with E-state index in [-0.39, 0.29) is 23.2 Å². The molecule has 2 unspecified atom stereocenters. The van der Waals surface area contributed by atoms with Crippen molar-refractivity contribution in [3.63, 3.8) is 0 Å². The van der Waals surface area contributed by atoms with E-state index in [1.165, 1.54) is 18.6 Å². The van der Waals surface area contributed by atoms with E-state index >= 15 is 0 Å². The van der Waals surface area contributed by atoms with Crippen molar-refractivity contribution in [3.05, 3.63) is 95.3 Å². The minimum atomic E-state index is -1.02. The minimum absolute atomic E-state index is 0.0387. The highest BCUT2D eigenvalue weighted by Gasteiger charge is 2.21. The second-order valence-corrected chi connectivity index (χ2v) is 9.75. The summed E-state index contributed by atoms with van der Waals surface area (Å²) in [6.45, 7) is 3.54. The lowest BCUT2D eigenvalue weighted by Crippen LogP contribution is -2.29. The third-order valence-electron chi connectivity index (χ3n) is 6.96. The Morgan fingerprint density at radius 1 is 0.976 bits per heavy atom. The van der Waals surface area contributed by atoms with Gasteiger partial charge in [0.05, 0.1) is 23.7 Å². The molecule has 2 aromatic carbocycles. The number of aryl methyl sites for hydroxylation is 1. The molecule has 0 saturated heterocycles. The Hall–Kier alpha value is -5.44. The predicted molar refractivity (Wildman–Crippen MR) is 155 cm³/mol. The van der Waals surface area contributed by atoms with Crippen molar-refractivity contribution in [1.29, 1.82) is 5.26 Å². The van der Waals surface area contributed by atoms with Gasteiger partial charge >= 0.3 is 0 Å². The number of hydrogen-bond acceptors (Lipinski definition) is 8. The zero-order valence-corrected chi connectivity index (χ0v) is 23.3. The molecule has 2 atom stereocenters. The molecular formula is C30H27F2N9O. The number of rotatable bonds is 8. The van der Waals surface area contributed by atoms with Crippen molar-refractivity contribution < 1.29 is 13.6 Å². The third-order valence-corrected chi connectivity index (χ3v) is 6.96. The van der Waals surface area contributed by atoms with Gasteiger partial charge in [0, 0.05) is 25.9 Å². The molecule has 42 heavy (non-hydrogen) atoms. The maximum absolute atomic E-state index is 13.7. The van der Waals surface area contributed by atoms with Crippen LogP contribution in [0.2, 0.25) is 0 Å². The molecule has 0 aliphatic carbocycles. The second-order valence-electron chi connectivity index (χ2n) is 9.75. The highest BCUT2D eigenvalue weighted by molar-refractivity contribution is 6.01. The van der Waals surface area contributed by atoms with Crippen LogP contribution in [0.4, 0.5) is 20.4 Å². The standard InChI is InChI=1S/C30H27F2N9O/c1-16(18-5-7-19(8-6-18)22-14-41(4)29-25(22)27(34-3)36-15-37-29)38-28-26(40-21(12-33)13-35-28)30(42)39-17(2)20-9-10-23(31)24(32)11-20/h5-11,13-17H,1-4H3,(H,35,38)(H,39,42)(H,34,36,37). The van der Waals surface area contributed by atoms with Crippen molar-refractivity contribution in [2.75, 3.05) is 17.7 Å². The fourth-order valence-corrected chi connectivity index (χ4v) is 4.70. The molecular weight excluding hydrogens is 540 g/mol. The van der Waals surface area contributed by atoms with Crippen molar-refractivity contribution in [2.45, 2.75) is 25.9 Å². The van der Waals surface area contributed by atoms with Crippen LogP contribution < -0.4 is 16.0 Å². The third kappa shape index (κ3) is 5.44. The van der Waals surface area contributed by atoms with Gasteiger partial charge in [-0.2, -0.15) is 5.26 Å². The molecule has 1 amide bonds. The lowest BCUT2D eigenvalue weighted by atomic mass is 10.0. The Bertz CT molecular complexity index is 1830. The number of nitrogens with one attached hydrogen (secondary N) is 3. The highest BCUT2D eigenvalue weighted by Crippen LogP contribution is 2.34. The smallest absolute Gasteiger partial charge is 0.274 e. The average molecular weight is 568 g/mol. The Morgan fingerprint density at radius 3 is 2.40 bits per heavy atom. The molecule has 0 saturated carbocycles. The van der Waals surface area contributed by atoms with Gasteiger partial charge in [0.25, 0.3) is 5.91 Å². The van der Waals surface area contributed by atoms with Crippen LogP contribution in [0.25, 0.3) is 22.2 Å². The van der Waals surface area contributed by atoms with Gasteiger partial charge in [-0.15, -0.1) is 0 Å². The number of nitrogens with zero attached hydrogens (tertiary/aromatic N) is 6. The van der Waals surface area contributed by atoms with Gasteiger partial charge < -0.3 is 20.5 Å². The zero-order valence-electron chi connectivity index (χ0n) is 23.3. The molecule has 5 rings (SSSR count). The van der Waals surface area contributed by atoms with Crippen LogP contribution in [-0.2, 0) is 7.05 Å². The van der Waals surface area contributed by atoms with Crippen LogP contribution in [0, 0.1) is 23.0 Å². The first kappa shape index (κ1) is 28.1. The summed E-state index contributed by atoms with van der Waals surface area (Å²) < 4.78 is 29.0. The number of halogens is 2. The van der Waals surface area contributed by atoms with E-state index in [0.717, 1.165) is 45.7 Å². The summed E-state index contributed by atoms with van der Waals surface area (Å²) in [4.78, 5) is 30.4. The summed E-state index contributed by atoms with van der Waals surface area (Å²) in [5.41, 5.74) is 3.92. The predicted octanol–water partition coefficient (Wildman–Crippen LogP) is 5.28. The van der Waals surface area contributed by atoms with Crippen molar-refractivity contribution in [3.8, 4) is 17.2 Å². The largest absolute Gasteiger partial charge is 0.372 e. The van der Waals surface area contributed by atoms with E-state index in [4.69, 9.17) is 0 Å². The number of nitriles is 1. The van der Waals surface area contributed by atoms with Crippen molar-refractivity contribution >= 4 is 28.6 Å². The molecule has 10 nitrogen and oxygen atoms in total. The highest BCUT2D eigenvalue weighted by atomic mass is 19.2. The lowest BCUT2D eigenvalue weighted by molar-refractivity contribution is 0.0935. The summed E-state index contributed by atoms with van der Waals surface area (Å²) in [6, 6.07) is 12.3. The van der Waals surface area contributed by atoms with Gasteiger partial charge in [-0.25, -0.2) is 28.7 Å². The zero-order chi connectivity index (χ0) is 30.0. The summed E-state index contributed by atoms with van der Waals surface area (Å²) in [5, 5.41) is 19.3. The monoisotopic (exact) mass is 567 g/mol. The number of anilines is 2. The van der Waals surface area contributed by atoms with E-state index in [1.807, 2.05) is 62.1 Å². The summed E-state index contributed by atoms with van der Waals surface area (Å²) in [6.07, 6.45) is 4.81. The molecule has 0 aliphatic rings. The Morgan fingerprint density at radius 2 is 1.71 bits per heavy atom. The number of hydrogen-bond donors (Lipinski definition) is 3. The normalized spacial score (nSPS) is 12.4. The maximum Gasteiger partial charge on any atom is 0.274 e. The molecule has 3 aromatic heterocycles. The van der Waals surface area contributed by atoms with Gasteiger partial charge in [-0.3, -0.25) is 4.79 Å². The summed E-state index contributed by atoms with van der Waals surface area (Å²) in [5.74, 6) is -1.71. The molecule has 0 fully saturated rings. The molecule has 212 valence electrons. The number of carbonyl (C=O) groups excluding carboxylic acids is 1. The van der Waals surface area contributed by atoms with E-state index < -0.39 is 23.6 Å². The molecule has 0 aliphatic heterocycles. The van der Waals surface area contributed by atoms with Gasteiger partial charge in [0.15, 0.2) is 28.8 Å². The Labute approximate surface area is 240 Å². The van der Waals surface area contributed by atoms with Crippen LogP contribution >= 0.6 is 0 Å². The Balaban J connectivity index is 1.38. The number of aromatic nitrogens is 5. The van der Waals surface area contributed by atoms with Gasteiger partial charge in [-0.1, -0.05) is 30.3 Å². The van der Waals surface area contributed by atoms with E-state index in [9.17, 15) is 18.8 Å². The fraction of sp³-hybridized carbons (Fsp3) is 0.200. The second kappa shape index (κ2) is 11.6. The molecule has 5 aromatic rings.